The fourth-order valence-electron chi connectivity index (χ4n) is 3.68. The molecule has 0 rings (SSSR count). The van der Waals surface area contributed by atoms with Crippen molar-refractivity contribution in [3.05, 3.63) is 6.92 Å². The van der Waals surface area contributed by atoms with E-state index in [4.69, 9.17) is 0 Å². The second-order valence-electron chi connectivity index (χ2n) is 8.19. The summed E-state index contributed by atoms with van der Waals surface area (Å²) in [6, 6.07) is 0. The van der Waals surface area contributed by atoms with Gasteiger partial charge in [-0.1, -0.05) is 136 Å². The molecule has 2 heteroatoms. The molecule has 0 amide bonds. The fourth-order valence-corrected chi connectivity index (χ4v) is 3.68. The van der Waals surface area contributed by atoms with Gasteiger partial charge in [0.05, 0.1) is 0 Å². The third kappa shape index (κ3) is 27.5. The van der Waals surface area contributed by atoms with Crippen LogP contribution in [0, 0.1) is 12.8 Å². The van der Waals surface area contributed by atoms with Crippen LogP contribution in [0.5, 0.6) is 0 Å². The summed E-state index contributed by atoms with van der Waals surface area (Å²) >= 11 is 0. The van der Waals surface area contributed by atoms with Crippen LogP contribution in [0.1, 0.15) is 142 Å². The summed E-state index contributed by atoms with van der Waals surface area (Å²) in [5.41, 5.74) is 0. The number of hydrogen-bond acceptors (Lipinski definition) is 0. The minimum atomic E-state index is 0. The van der Waals surface area contributed by atoms with Crippen molar-refractivity contribution >= 4 is 23.1 Å². The summed E-state index contributed by atoms with van der Waals surface area (Å²) in [7, 11) is 0. The van der Waals surface area contributed by atoms with E-state index in [9.17, 15) is 0 Å². The maximum Gasteiger partial charge on any atom is 2.00 e. The Bertz CT molecular complexity index is 220. The van der Waals surface area contributed by atoms with Gasteiger partial charge in [-0.2, -0.15) is 6.42 Å². The Morgan fingerprint density at radius 2 is 0.846 bits per heavy atom. The molecule has 26 heavy (non-hydrogen) atoms. The Morgan fingerprint density at radius 3 is 1.19 bits per heavy atom. The van der Waals surface area contributed by atoms with E-state index in [-0.39, 0.29) is 40.0 Å². The molecule has 0 aromatic rings. The number of halogens is 1. The van der Waals surface area contributed by atoms with Gasteiger partial charge in [-0.15, -0.1) is 0 Å². The maximum atomic E-state index is 3.92. The predicted octanol–water partition coefficient (Wildman–Crippen LogP) is 5.90. The van der Waals surface area contributed by atoms with E-state index >= 15 is 0 Å². The average Bonchev–Trinajstić information content (AvgIpc) is 2.59. The number of unbranched alkanes of at least 4 members (excludes halogenated alkanes) is 16. The van der Waals surface area contributed by atoms with Crippen molar-refractivity contribution in [1.82, 2.24) is 0 Å². The standard InChI is InChI=1S/C24H49.BrH.Mg/c1-4-6-8-10-11-12-13-14-15-16-17-18-19-21-23-24(3)22-20-9-7-5-2;;/h24H,2,4-23H2,1,3H3;1H;/q-1;;+2/p-1. The van der Waals surface area contributed by atoms with E-state index in [2.05, 4.69) is 20.8 Å². The summed E-state index contributed by atoms with van der Waals surface area (Å²) in [6.45, 7) is 8.67. The van der Waals surface area contributed by atoms with E-state index in [0.717, 1.165) is 12.3 Å². The monoisotopic (exact) mass is 440 g/mol. The Kier molecular flexibility index (Phi) is 34.9. The van der Waals surface area contributed by atoms with Gasteiger partial charge in [-0.05, 0) is 5.92 Å². The first-order chi connectivity index (χ1) is 11.8. The molecule has 0 fully saturated rings. The van der Waals surface area contributed by atoms with Crippen LogP contribution < -0.4 is 17.0 Å². The smallest absolute Gasteiger partial charge is 1.00 e. The fraction of sp³-hybridized carbons (Fsp3) is 0.958. The molecule has 1 atom stereocenters. The number of hydrogen-bond donors (Lipinski definition) is 0. The molecule has 154 valence electrons. The first-order valence-corrected chi connectivity index (χ1v) is 11.6. The largest absolute Gasteiger partial charge is 2.00 e. The minimum absolute atomic E-state index is 0. The van der Waals surface area contributed by atoms with Gasteiger partial charge >= 0.3 is 23.1 Å². The van der Waals surface area contributed by atoms with E-state index in [1.807, 2.05) is 0 Å². The van der Waals surface area contributed by atoms with Crippen LogP contribution in [0.15, 0.2) is 0 Å². The summed E-state index contributed by atoms with van der Waals surface area (Å²) in [6.07, 6.45) is 28.7. The van der Waals surface area contributed by atoms with Gasteiger partial charge in [-0.25, -0.2) is 0 Å². The van der Waals surface area contributed by atoms with Crippen molar-refractivity contribution in [3.63, 3.8) is 0 Å². The molecule has 0 aliphatic heterocycles. The first-order valence-electron chi connectivity index (χ1n) is 11.6. The van der Waals surface area contributed by atoms with Crippen molar-refractivity contribution in [2.75, 3.05) is 0 Å². The molecule has 0 saturated carbocycles. The molecule has 1 unspecified atom stereocenters. The van der Waals surface area contributed by atoms with E-state index in [0.29, 0.717) is 0 Å². The molecular weight excluding hydrogens is 392 g/mol. The molecule has 0 bridgehead atoms. The summed E-state index contributed by atoms with van der Waals surface area (Å²) < 4.78 is 0. The molecule has 0 heterocycles. The predicted molar refractivity (Wildman–Crippen MR) is 118 cm³/mol. The minimum Gasteiger partial charge on any atom is -1.00 e. The second kappa shape index (κ2) is 28.5. The zero-order chi connectivity index (χ0) is 17.7. The van der Waals surface area contributed by atoms with Gasteiger partial charge < -0.3 is 23.9 Å². The van der Waals surface area contributed by atoms with Crippen LogP contribution >= 0.6 is 0 Å². The number of rotatable bonds is 20. The van der Waals surface area contributed by atoms with Gasteiger partial charge in [0.2, 0.25) is 0 Å². The van der Waals surface area contributed by atoms with Crippen LogP contribution in [-0.2, 0) is 0 Å². The maximum absolute atomic E-state index is 3.92. The molecule has 0 aliphatic carbocycles. The van der Waals surface area contributed by atoms with E-state index in [1.54, 1.807) is 0 Å². The van der Waals surface area contributed by atoms with E-state index in [1.165, 1.54) is 122 Å². The van der Waals surface area contributed by atoms with Crippen molar-refractivity contribution in [2.24, 2.45) is 5.92 Å². The molecule has 0 nitrogen and oxygen atoms in total. The van der Waals surface area contributed by atoms with Crippen LogP contribution in [0.3, 0.4) is 0 Å². The molecule has 0 spiro atoms. The summed E-state index contributed by atoms with van der Waals surface area (Å²) in [4.78, 5) is 0. The SMILES string of the molecule is [Br-].[CH2-]CCCCCC(C)CCCCCCCCCCCCCCCC.[Mg+2]. The third-order valence-corrected chi connectivity index (χ3v) is 5.50. The molecule has 0 aliphatic rings. The van der Waals surface area contributed by atoms with Crippen LogP contribution in [-0.4, -0.2) is 23.1 Å². The quantitative estimate of drug-likeness (QED) is 0.125. The Balaban J connectivity index is -0.00000264. The molecule has 0 aromatic heterocycles. The summed E-state index contributed by atoms with van der Waals surface area (Å²) in [5, 5.41) is 0. The molecule has 0 radical (unpaired) electrons. The third-order valence-electron chi connectivity index (χ3n) is 5.50. The van der Waals surface area contributed by atoms with Crippen molar-refractivity contribution in [1.29, 1.82) is 0 Å². The van der Waals surface area contributed by atoms with Crippen molar-refractivity contribution < 1.29 is 17.0 Å². The zero-order valence-electron chi connectivity index (χ0n) is 18.5. The average molecular weight is 442 g/mol. The van der Waals surface area contributed by atoms with Gasteiger partial charge in [-0.3, -0.25) is 0 Å². The van der Waals surface area contributed by atoms with Crippen LogP contribution in [0.4, 0.5) is 0 Å². The van der Waals surface area contributed by atoms with Gasteiger partial charge in [0.1, 0.15) is 0 Å². The molecule has 0 aromatic carbocycles. The van der Waals surface area contributed by atoms with Gasteiger partial charge in [0.25, 0.3) is 0 Å². The summed E-state index contributed by atoms with van der Waals surface area (Å²) in [5.74, 6) is 0.951. The van der Waals surface area contributed by atoms with Gasteiger partial charge in [0, 0.05) is 0 Å². The topological polar surface area (TPSA) is 0 Å². The van der Waals surface area contributed by atoms with E-state index < -0.39 is 0 Å². The van der Waals surface area contributed by atoms with Crippen molar-refractivity contribution in [3.8, 4) is 0 Å². The van der Waals surface area contributed by atoms with Gasteiger partial charge in [0.15, 0.2) is 0 Å². The van der Waals surface area contributed by atoms with Crippen molar-refractivity contribution in [2.45, 2.75) is 142 Å². The Labute approximate surface area is 194 Å². The Hall–Kier alpha value is 1.25. The van der Waals surface area contributed by atoms with Crippen LogP contribution in [0.25, 0.3) is 0 Å². The normalized spacial score (nSPS) is 11.7. The second-order valence-corrected chi connectivity index (χ2v) is 8.19. The zero-order valence-corrected chi connectivity index (χ0v) is 21.5. The first kappa shape index (κ1) is 31.9. The molecule has 0 saturated heterocycles. The Morgan fingerprint density at radius 1 is 0.538 bits per heavy atom. The molecular formula is C24H49BrMg. The molecule has 0 N–H and O–H groups in total. The van der Waals surface area contributed by atoms with Crippen LogP contribution in [0.2, 0.25) is 0 Å².